The Hall–Kier alpha value is -0.550. The van der Waals surface area contributed by atoms with E-state index in [4.69, 9.17) is 10.00 Å². The minimum atomic E-state index is -0.224. The van der Waals surface area contributed by atoms with Gasteiger partial charge in [-0.05, 0) is 19.8 Å². The van der Waals surface area contributed by atoms with Crippen LogP contribution in [0.4, 0.5) is 0 Å². The number of rotatable bonds is 2. The third-order valence-corrected chi connectivity index (χ3v) is 2.13. The van der Waals surface area contributed by atoms with E-state index in [1.54, 1.807) is 0 Å². The molecule has 2 heteroatoms. The quantitative estimate of drug-likeness (QED) is 0.609. The van der Waals surface area contributed by atoms with E-state index in [9.17, 15) is 0 Å². The van der Waals surface area contributed by atoms with E-state index in [1.165, 1.54) is 19.3 Å². The van der Waals surface area contributed by atoms with Crippen LogP contribution in [0.1, 0.15) is 39.0 Å². The van der Waals surface area contributed by atoms with Crippen LogP contribution in [0.15, 0.2) is 0 Å². The molecule has 0 saturated heterocycles. The molecule has 0 bridgehead atoms. The highest BCUT2D eigenvalue weighted by Gasteiger charge is 2.15. The molecule has 1 unspecified atom stereocenters. The zero-order chi connectivity index (χ0) is 8.10. The van der Waals surface area contributed by atoms with Crippen molar-refractivity contribution in [2.24, 2.45) is 0 Å². The molecule has 0 heterocycles. The van der Waals surface area contributed by atoms with Crippen LogP contribution in [0, 0.1) is 11.3 Å². The zero-order valence-corrected chi connectivity index (χ0v) is 7.05. The van der Waals surface area contributed by atoms with Gasteiger partial charge in [0.15, 0.2) is 0 Å². The molecule has 1 atom stereocenters. The molecule has 0 aromatic heterocycles. The molecule has 0 aromatic rings. The Morgan fingerprint density at radius 1 is 1.36 bits per heavy atom. The van der Waals surface area contributed by atoms with Crippen LogP contribution in [0.5, 0.6) is 0 Å². The standard InChI is InChI=1S/C9H15NO/c1-8(7-10)11-9-5-3-2-4-6-9/h8-9H,2-6H2,1H3. The van der Waals surface area contributed by atoms with E-state index in [0.29, 0.717) is 6.10 Å². The SMILES string of the molecule is CC(C#N)OC1CCCCC1. The van der Waals surface area contributed by atoms with E-state index in [-0.39, 0.29) is 6.10 Å². The lowest BCUT2D eigenvalue weighted by Gasteiger charge is -2.22. The summed E-state index contributed by atoms with van der Waals surface area (Å²) >= 11 is 0. The number of ether oxygens (including phenoxy) is 1. The van der Waals surface area contributed by atoms with Gasteiger partial charge < -0.3 is 4.74 Å². The van der Waals surface area contributed by atoms with Crippen LogP contribution in [-0.4, -0.2) is 12.2 Å². The van der Waals surface area contributed by atoms with Gasteiger partial charge in [0.2, 0.25) is 0 Å². The molecule has 2 nitrogen and oxygen atoms in total. The highest BCUT2D eigenvalue weighted by atomic mass is 16.5. The van der Waals surface area contributed by atoms with E-state index in [1.807, 2.05) is 6.92 Å². The molecule has 1 rings (SSSR count). The van der Waals surface area contributed by atoms with Crippen molar-refractivity contribution in [1.82, 2.24) is 0 Å². The van der Waals surface area contributed by atoms with Crippen molar-refractivity contribution in [1.29, 1.82) is 5.26 Å². The Labute approximate surface area is 68.2 Å². The lowest BCUT2D eigenvalue weighted by molar-refractivity contribution is 0.00471. The average Bonchev–Trinajstić information content (AvgIpc) is 2.06. The minimum Gasteiger partial charge on any atom is -0.360 e. The maximum absolute atomic E-state index is 8.49. The van der Waals surface area contributed by atoms with Gasteiger partial charge in [0.1, 0.15) is 6.10 Å². The van der Waals surface area contributed by atoms with Crippen molar-refractivity contribution in [3.63, 3.8) is 0 Å². The van der Waals surface area contributed by atoms with Gasteiger partial charge in [0.05, 0.1) is 12.2 Å². The van der Waals surface area contributed by atoms with Gasteiger partial charge in [-0.25, -0.2) is 0 Å². The highest BCUT2D eigenvalue weighted by molar-refractivity contribution is 4.81. The smallest absolute Gasteiger partial charge is 0.141 e. The lowest BCUT2D eigenvalue weighted by Crippen LogP contribution is -2.21. The number of hydrogen-bond donors (Lipinski definition) is 0. The molecule has 0 N–H and O–H groups in total. The molecule has 1 aliphatic rings. The summed E-state index contributed by atoms with van der Waals surface area (Å²) < 4.78 is 5.48. The lowest BCUT2D eigenvalue weighted by atomic mass is 9.98. The molecule has 62 valence electrons. The summed E-state index contributed by atoms with van der Waals surface area (Å²) in [4.78, 5) is 0. The predicted molar refractivity (Wildman–Crippen MR) is 43.0 cm³/mol. The fourth-order valence-electron chi connectivity index (χ4n) is 1.52. The molecule has 0 radical (unpaired) electrons. The first-order valence-electron chi connectivity index (χ1n) is 4.38. The van der Waals surface area contributed by atoms with E-state index in [2.05, 4.69) is 6.07 Å². The van der Waals surface area contributed by atoms with Crippen molar-refractivity contribution in [3.8, 4) is 6.07 Å². The molecular weight excluding hydrogens is 138 g/mol. The molecule has 1 aliphatic carbocycles. The highest BCUT2D eigenvalue weighted by Crippen LogP contribution is 2.21. The molecule has 0 amide bonds. The van der Waals surface area contributed by atoms with Gasteiger partial charge in [-0.3, -0.25) is 0 Å². The minimum absolute atomic E-state index is 0.224. The second-order valence-corrected chi connectivity index (χ2v) is 3.17. The van der Waals surface area contributed by atoms with Crippen molar-refractivity contribution >= 4 is 0 Å². The van der Waals surface area contributed by atoms with Gasteiger partial charge >= 0.3 is 0 Å². The van der Waals surface area contributed by atoms with Crippen LogP contribution >= 0.6 is 0 Å². The maximum Gasteiger partial charge on any atom is 0.141 e. The van der Waals surface area contributed by atoms with Crippen LogP contribution in [0.2, 0.25) is 0 Å². The van der Waals surface area contributed by atoms with Crippen LogP contribution in [-0.2, 0) is 4.74 Å². The first-order chi connectivity index (χ1) is 5.33. The molecule has 1 fully saturated rings. The summed E-state index contributed by atoms with van der Waals surface area (Å²) in [7, 11) is 0. The van der Waals surface area contributed by atoms with Crippen LogP contribution in [0.25, 0.3) is 0 Å². The second-order valence-electron chi connectivity index (χ2n) is 3.17. The first kappa shape index (κ1) is 8.55. The Morgan fingerprint density at radius 3 is 2.55 bits per heavy atom. The fourth-order valence-corrected chi connectivity index (χ4v) is 1.52. The molecule has 0 aliphatic heterocycles. The van der Waals surface area contributed by atoms with Crippen molar-refractivity contribution < 1.29 is 4.74 Å². The molecular formula is C9H15NO. The first-order valence-corrected chi connectivity index (χ1v) is 4.38. The van der Waals surface area contributed by atoms with Gasteiger partial charge in [-0.15, -0.1) is 0 Å². The second kappa shape index (κ2) is 4.35. The number of nitrogens with zero attached hydrogens (tertiary/aromatic N) is 1. The largest absolute Gasteiger partial charge is 0.360 e. The predicted octanol–water partition coefficient (Wildman–Crippen LogP) is 2.25. The van der Waals surface area contributed by atoms with E-state index in [0.717, 1.165) is 12.8 Å². The zero-order valence-electron chi connectivity index (χ0n) is 7.05. The summed E-state index contributed by atoms with van der Waals surface area (Å²) in [6, 6.07) is 2.09. The average molecular weight is 153 g/mol. The van der Waals surface area contributed by atoms with E-state index >= 15 is 0 Å². The Balaban J connectivity index is 2.20. The third-order valence-electron chi connectivity index (χ3n) is 2.13. The Morgan fingerprint density at radius 2 is 2.00 bits per heavy atom. The maximum atomic E-state index is 8.49. The summed E-state index contributed by atoms with van der Waals surface area (Å²) in [5.74, 6) is 0. The summed E-state index contributed by atoms with van der Waals surface area (Å²) in [5, 5.41) is 8.49. The molecule has 0 aromatic carbocycles. The van der Waals surface area contributed by atoms with E-state index < -0.39 is 0 Å². The number of hydrogen-bond acceptors (Lipinski definition) is 2. The molecule has 1 saturated carbocycles. The fraction of sp³-hybridized carbons (Fsp3) is 0.889. The van der Waals surface area contributed by atoms with Gasteiger partial charge in [0.25, 0.3) is 0 Å². The van der Waals surface area contributed by atoms with Crippen LogP contribution < -0.4 is 0 Å². The Kier molecular flexibility index (Phi) is 3.38. The normalized spacial score (nSPS) is 22.5. The summed E-state index contributed by atoms with van der Waals surface area (Å²) in [5.41, 5.74) is 0. The topological polar surface area (TPSA) is 33.0 Å². The number of nitriles is 1. The summed E-state index contributed by atoms with van der Waals surface area (Å²) in [6.07, 6.45) is 6.29. The van der Waals surface area contributed by atoms with Crippen molar-refractivity contribution in [2.45, 2.75) is 51.2 Å². The van der Waals surface area contributed by atoms with Crippen LogP contribution in [0.3, 0.4) is 0 Å². The Bertz CT molecular complexity index is 144. The third kappa shape index (κ3) is 2.90. The van der Waals surface area contributed by atoms with Gasteiger partial charge in [0, 0.05) is 0 Å². The monoisotopic (exact) mass is 153 g/mol. The van der Waals surface area contributed by atoms with Gasteiger partial charge in [-0.2, -0.15) is 5.26 Å². The van der Waals surface area contributed by atoms with Crippen molar-refractivity contribution in [2.75, 3.05) is 0 Å². The summed E-state index contributed by atoms with van der Waals surface area (Å²) in [6.45, 7) is 1.81. The molecule has 0 spiro atoms. The van der Waals surface area contributed by atoms with Gasteiger partial charge in [-0.1, -0.05) is 19.3 Å². The van der Waals surface area contributed by atoms with Crippen molar-refractivity contribution in [3.05, 3.63) is 0 Å². The molecule has 11 heavy (non-hydrogen) atoms.